The summed E-state index contributed by atoms with van der Waals surface area (Å²) in [6, 6.07) is 15.3. The standard InChI is InChI=1S/C37H47FN4O7/c1-24-19-42(25(2)22-43)36(44)31-18-30(40-37(45)39-29-11-9-28(38)10-12-29)13-15-32(31)49-26(3)7-5-6-16-46-35(24)21-41(4)20-27-8-14-33-34(17-27)48-23-47-33/h8-15,17-18,24-26,35,43H,5-7,16,19-23H2,1-4H3,(H2,39,40,45)/t24-,25-,26-,35-/m1/s1. The molecule has 0 aliphatic carbocycles. The Morgan fingerprint density at radius 2 is 1.71 bits per heavy atom. The highest BCUT2D eigenvalue weighted by molar-refractivity contribution is 6.02. The van der Waals surface area contributed by atoms with E-state index >= 15 is 0 Å². The van der Waals surface area contributed by atoms with Crippen molar-refractivity contribution in [3.63, 3.8) is 0 Å². The lowest BCUT2D eigenvalue weighted by Gasteiger charge is -2.36. The first kappa shape index (κ1) is 35.9. The zero-order valence-corrected chi connectivity index (χ0v) is 28.6. The van der Waals surface area contributed by atoms with Gasteiger partial charge in [-0.1, -0.05) is 13.0 Å². The first-order valence-corrected chi connectivity index (χ1v) is 16.8. The fourth-order valence-electron chi connectivity index (χ4n) is 6.01. The van der Waals surface area contributed by atoms with Gasteiger partial charge in [-0.3, -0.25) is 9.69 Å². The molecule has 0 spiro atoms. The van der Waals surface area contributed by atoms with Crippen LogP contribution in [0.15, 0.2) is 60.7 Å². The number of urea groups is 1. The van der Waals surface area contributed by atoms with Gasteiger partial charge in [-0.2, -0.15) is 0 Å². The molecule has 264 valence electrons. The van der Waals surface area contributed by atoms with E-state index in [0.717, 1.165) is 36.3 Å². The second-order valence-electron chi connectivity index (χ2n) is 13.0. The van der Waals surface area contributed by atoms with Gasteiger partial charge in [0, 0.05) is 43.5 Å². The lowest BCUT2D eigenvalue weighted by Crippen LogP contribution is -2.47. The van der Waals surface area contributed by atoms with E-state index in [1.807, 2.05) is 32.2 Å². The number of anilines is 2. The molecule has 0 radical (unpaired) electrons. The fourth-order valence-corrected chi connectivity index (χ4v) is 6.01. The largest absolute Gasteiger partial charge is 0.490 e. The van der Waals surface area contributed by atoms with Crippen molar-refractivity contribution in [2.75, 3.05) is 50.8 Å². The normalized spacial score (nSPS) is 20.6. The van der Waals surface area contributed by atoms with Crippen molar-refractivity contribution in [1.82, 2.24) is 9.80 Å². The minimum atomic E-state index is -0.548. The zero-order chi connectivity index (χ0) is 34.9. The van der Waals surface area contributed by atoms with Crippen molar-refractivity contribution in [3.05, 3.63) is 77.6 Å². The molecular weight excluding hydrogens is 631 g/mol. The molecule has 2 aliphatic heterocycles. The molecule has 3 amide bonds. The second-order valence-corrected chi connectivity index (χ2v) is 13.0. The average Bonchev–Trinajstić information content (AvgIpc) is 3.55. The van der Waals surface area contributed by atoms with Crippen molar-refractivity contribution in [1.29, 1.82) is 0 Å². The van der Waals surface area contributed by atoms with Gasteiger partial charge in [0.1, 0.15) is 11.6 Å². The van der Waals surface area contributed by atoms with Crippen LogP contribution in [-0.4, -0.2) is 85.2 Å². The number of carbonyl (C=O) groups excluding carboxylic acids is 2. The van der Waals surface area contributed by atoms with E-state index in [0.29, 0.717) is 43.4 Å². The Labute approximate surface area is 287 Å². The third-order valence-corrected chi connectivity index (χ3v) is 8.79. The molecular formula is C37H47FN4O7. The Hall–Kier alpha value is -4.39. The number of rotatable bonds is 8. The maximum atomic E-state index is 14.4. The smallest absolute Gasteiger partial charge is 0.323 e. The molecule has 0 bridgehead atoms. The van der Waals surface area contributed by atoms with Crippen LogP contribution >= 0.6 is 0 Å². The van der Waals surface area contributed by atoms with E-state index in [2.05, 4.69) is 22.5 Å². The van der Waals surface area contributed by atoms with Gasteiger partial charge in [0.2, 0.25) is 6.79 Å². The third-order valence-electron chi connectivity index (χ3n) is 8.79. The highest BCUT2D eigenvalue weighted by Gasteiger charge is 2.30. The summed E-state index contributed by atoms with van der Waals surface area (Å²) in [7, 11) is 2.04. The molecule has 2 aliphatic rings. The Morgan fingerprint density at radius 1 is 1.00 bits per heavy atom. The van der Waals surface area contributed by atoms with E-state index in [1.54, 1.807) is 30.0 Å². The molecule has 3 aromatic carbocycles. The molecule has 11 nitrogen and oxygen atoms in total. The topological polar surface area (TPSA) is 122 Å². The van der Waals surface area contributed by atoms with Crippen molar-refractivity contribution in [2.45, 2.75) is 64.8 Å². The van der Waals surface area contributed by atoms with Gasteiger partial charge >= 0.3 is 6.03 Å². The Morgan fingerprint density at radius 3 is 2.49 bits per heavy atom. The van der Waals surface area contributed by atoms with Crippen molar-refractivity contribution in [3.8, 4) is 17.2 Å². The third kappa shape index (κ3) is 9.84. The molecule has 5 rings (SSSR count). The number of halogens is 1. The number of hydrogen-bond acceptors (Lipinski definition) is 8. The van der Waals surface area contributed by atoms with Gasteiger partial charge in [0.15, 0.2) is 11.5 Å². The fraction of sp³-hybridized carbons (Fsp3) is 0.459. The minimum Gasteiger partial charge on any atom is -0.490 e. The lowest BCUT2D eigenvalue weighted by molar-refractivity contribution is -0.0177. The summed E-state index contributed by atoms with van der Waals surface area (Å²) in [6.07, 6.45) is 2.13. The van der Waals surface area contributed by atoms with Gasteiger partial charge in [0.25, 0.3) is 5.91 Å². The predicted molar refractivity (Wildman–Crippen MR) is 185 cm³/mol. The molecule has 2 heterocycles. The number of aliphatic hydroxyl groups is 1. The van der Waals surface area contributed by atoms with Crippen LogP contribution in [0.5, 0.6) is 17.2 Å². The van der Waals surface area contributed by atoms with Crippen LogP contribution in [0.3, 0.4) is 0 Å². The van der Waals surface area contributed by atoms with Gasteiger partial charge < -0.3 is 39.6 Å². The molecule has 0 unspecified atom stereocenters. The number of likely N-dealkylation sites (N-methyl/N-ethyl adjacent to an activating group) is 1. The number of aliphatic hydroxyl groups excluding tert-OH is 1. The van der Waals surface area contributed by atoms with Crippen LogP contribution in [0.1, 0.15) is 56.0 Å². The average molecular weight is 679 g/mol. The molecule has 3 aromatic rings. The summed E-state index contributed by atoms with van der Waals surface area (Å²) in [6.45, 7) is 8.01. The van der Waals surface area contributed by atoms with Gasteiger partial charge in [-0.05, 0) is 100 Å². The maximum Gasteiger partial charge on any atom is 0.323 e. The zero-order valence-electron chi connectivity index (χ0n) is 28.6. The first-order valence-electron chi connectivity index (χ1n) is 16.8. The molecule has 12 heteroatoms. The van der Waals surface area contributed by atoms with E-state index in [4.69, 9.17) is 18.9 Å². The number of carbonyl (C=O) groups is 2. The van der Waals surface area contributed by atoms with Crippen molar-refractivity contribution < 1.29 is 38.0 Å². The van der Waals surface area contributed by atoms with Gasteiger partial charge in [0.05, 0.1) is 30.4 Å². The molecule has 0 fully saturated rings. The van der Waals surface area contributed by atoms with Crippen LogP contribution in [-0.2, 0) is 11.3 Å². The summed E-state index contributed by atoms with van der Waals surface area (Å²) in [5.41, 5.74) is 2.15. The van der Waals surface area contributed by atoms with Crippen LogP contribution < -0.4 is 24.8 Å². The number of amides is 3. The van der Waals surface area contributed by atoms with Crippen LogP contribution in [0.25, 0.3) is 0 Å². The predicted octanol–water partition coefficient (Wildman–Crippen LogP) is 6.13. The number of fused-ring (bicyclic) bond motifs is 2. The summed E-state index contributed by atoms with van der Waals surface area (Å²) >= 11 is 0. The van der Waals surface area contributed by atoms with E-state index in [-0.39, 0.29) is 43.0 Å². The lowest BCUT2D eigenvalue weighted by atomic mass is 10.0. The summed E-state index contributed by atoms with van der Waals surface area (Å²) in [4.78, 5) is 31.0. The highest BCUT2D eigenvalue weighted by Crippen LogP contribution is 2.33. The number of hydrogen-bond donors (Lipinski definition) is 3. The van der Waals surface area contributed by atoms with E-state index < -0.39 is 17.9 Å². The highest BCUT2D eigenvalue weighted by atomic mass is 19.1. The first-order chi connectivity index (χ1) is 23.6. The van der Waals surface area contributed by atoms with Crippen molar-refractivity contribution >= 4 is 23.3 Å². The van der Waals surface area contributed by atoms with Crippen molar-refractivity contribution in [2.24, 2.45) is 5.92 Å². The van der Waals surface area contributed by atoms with E-state index in [9.17, 15) is 19.1 Å². The SMILES string of the molecule is C[C@@H]1CCCCO[C@H](CN(C)Cc2ccc3c(c2)OCO3)[C@H](C)CN([C@H](C)CO)C(=O)c2cc(NC(=O)Nc3ccc(F)cc3)ccc2O1. The Kier molecular flexibility index (Phi) is 12.3. The van der Waals surface area contributed by atoms with E-state index in [1.165, 1.54) is 24.3 Å². The summed E-state index contributed by atoms with van der Waals surface area (Å²) < 4.78 is 37.1. The minimum absolute atomic E-state index is 0.0915. The number of benzene rings is 3. The van der Waals surface area contributed by atoms with Crippen LogP contribution in [0, 0.1) is 11.7 Å². The Balaban J connectivity index is 1.36. The molecule has 0 aromatic heterocycles. The molecule has 49 heavy (non-hydrogen) atoms. The molecule has 4 atom stereocenters. The van der Waals surface area contributed by atoms with Gasteiger partial charge in [-0.15, -0.1) is 0 Å². The van der Waals surface area contributed by atoms with Crippen LogP contribution in [0.2, 0.25) is 0 Å². The quantitative estimate of drug-likeness (QED) is 0.261. The molecule has 0 saturated carbocycles. The number of nitrogens with zero attached hydrogens (tertiary/aromatic N) is 2. The van der Waals surface area contributed by atoms with Crippen LogP contribution in [0.4, 0.5) is 20.6 Å². The summed E-state index contributed by atoms with van der Waals surface area (Å²) in [5, 5.41) is 15.7. The number of nitrogens with one attached hydrogen (secondary N) is 2. The Bertz CT molecular complexity index is 1570. The maximum absolute atomic E-state index is 14.4. The molecule has 3 N–H and O–H groups in total. The van der Waals surface area contributed by atoms with Gasteiger partial charge in [-0.25, -0.2) is 9.18 Å². The second kappa shape index (κ2) is 16.8. The monoisotopic (exact) mass is 678 g/mol. The number of ether oxygens (including phenoxy) is 4. The summed E-state index contributed by atoms with van der Waals surface area (Å²) in [5.74, 6) is 1.06. The molecule has 0 saturated heterocycles.